The standard InChI is InChI=1S/C22H22N2O5S/c1-17-11-13-18(14-12-17)16-29-21(19-7-3-2-4-8-19)15-23-30(27,28)22-10-6-5-9-20(22)24(25)26/h2-14,21,23H,15-16H2,1H3. The molecule has 0 saturated carbocycles. The fourth-order valence-corrected chi connectivity index (χ4v) is 4.12. The number of hydrogen-bond donors (Lipinski definition) is 1. The molecule has 1 N–H and O–H groups in total. The van der Waals surface area contributed by atoms with Crippen molar-refractivity contribution >= 4 is 15.7 Å². The molecule has 0 spiro atoms. The molecular weight excluding hydrogens is 404 g/mol. The predicted molar refractivity (Wildman–Crippen MR) is 113 cm³/mol. The lowest BCUT2D eigenvalue weighted by Crippen LogP contribution is -2.30. The van der Waals surface area contributed by atoms with Crippen molar-refractivity contribution in [2.24, 2.45) is 0 Å². The molecule has 0 bridgehead atoms. The molecule has 30 heavy (non-hydrogen) atoms. The van der Waals surface area contributed by atoms with Gasteiger partial charge < -0.3 is 4.74 Å². The van der Waals surface area contributed by atoms with Crippen LogP contribution in [0.3, 0.4) is 0 Å². The summed E-state index contributed by atoms with van der Waals surface area (Å²) in [6.07, 6.45) is -0.565. The lowest BCUT2D eigenvalue weighted by molar-refractivity contribution is -0.387. The van der Waals surface area contributed by atoms with Crippen LogP contribution in [0.4, 0.5) is 5.69 Å². The molecule has 3 aromatic rings. The molecule has 0 aliphatic heterocycles. The number of para-hydroxylation sites is 1. The highest BCUT2D eigenvalue weighted by atomic mass is 32.2. The Morgan fingerprint density at radius 1 is 0.967 bits per heavy atom. The molecule has 3 rings (SSSR count). The van der Waals surface area contributed by atoms with Crippen LogP contribution in [-0.4, -0.2) is 19.9 Å². The summed E-state index contributed by atoms with van der Waals surface area (Å²) in [4.78, 5) is 10.1. The Bertz CT molecular complexity index is 1100. The largest absolute Gasteiger partial charge is 0.367 e. The zero-order valence-corrected chi connectivity index (χ0v) is 17.2. The van der Waals surface area contributed by atoms with E-state index in [1.807, 2.05) is 61.5 Å². The van der Waals surface area contributed by atoms with Crippen molar-refractivity contribution in [2.75, 3.05) is 6.54 Å². The van der Waals surface area contributed by atoms with E-state index >= 15 is 0 Å². The van der Waals surface area contributed by atoms with Crippen LogP contribution in [0.2, 0.25) is 0 Å². The Morgan fingerprint density at radius 3 is 2.27 bits per heavy atom. The molecule has 0 saturated heterocycles. The van der Waals surface area contributed by atoms with Gasteiger partial charge in [-0.15, -0.1) is 0 Å². The summed E-state index contributed by atoms with van der Waals surface area (Å²) >= 11 is 0. The van der Waals surface area contributed by atoms with Crippen molar-refractivity contribution in [1.29, 1.82) is 0 Å². The lowest BCUT2D eigenvalue weighted by atomic mass is 10.1. The minimum atomic E-state index is -4.10. The summed E-state index contributed by atoms with van der Waals surface area (Å²) in [6.45, 7) is 2.23. The number of benzene rings is 3. The normalized spacial score (nSPS) is 12.4. The maximum absolute atomic E-state index is 12.7. The van der Waals surface area contributed by atoms with Crippen LogP contribution in [-0.2, 0) is 21.4 Å². The number of hydrogen-bond acceptors (Lipinski definition) is 5. The maximum Gasteiger partial charge on any atom is 0.289 e. The summed E-state index contributed by atoms with van der Waals surface area (Å²) < 4.78 is 33.9. The third-order valence-electron chi connectivity index (χ3n) is 4.55. The minimum absolute atomic E-state index is 0.0652. The van der Waals surface area contributed by atoms with Gasteiger partial charge in [-0.1, -0.05) is 72.3 Å². The van der Waals surface area contributed by atoms with E-state index in [1.165, 1.54) is 18.2 Å². The lowest BCUT2D eigenvalue weighted by Gasteiger charge is -2.19. The van der Waals surface area contributed by atoms with Crippen molar-refractivity contribution in [3.05, 3.63) is 106 Å². The highest BCUT2D eigenvalue weighted by Gasteiger charge is 2.26. The van der Waals surface area contributed by atoms with Gasteiger partial charge in [0.25, 0.3) is 5.69 Å². The van der Waals surface area contributed by atoms with Crippen LogP contribution in [0.1, 0.15) is 22.8 Å². The highest BCUT2D eigenvalue weighted by Crippen LogP contribution is 2.24. The Balaban J connectivity index is 1.78. The molecule has 0 amide bonds. The van der Waals surface area contributed by atoms with Gasteiger partial charge in [-0.3, -0.25) is 10.1 Å². The van der Waals surface area contributed by atoms with Gasteiger partial charge in [0.2, 0.25) is 10.0 Å². The summed E-state index contributed by atoms with van der Waals surface area (Å²) in [6, 6.07) is 22.4. The van der Waals surface area contributed by atoms with Crippen LogP contribution in [0, 0.1) is 17.0 Å². The Hall–Kier alpha value is -3.07. The molecule has 0 aliphatic carbocycles. The van der Waals surface area contributed by atoms with Crippen LogP contribution in [0.5, 0.6) is 0 Å². The van der Waals surface area contributed by atoms with Gasteiger partial charge >= 0.3 is 0 Å². The van der Waals surface area contributed by atoms with E-state index < -0.39 is 26.7 Å². The molecular formula is C22H22N2O5S. The van der Waals surface area contributed by atoms with E-state index in [2.05, 4.69) is 4.72 Å². The number of aryl methyl sites for hydroxylation is 1. The molecule has 8 heteroatoms. The molecule has 0 fully saturated rings. The Morgan fingerprint density at radius 2 is 1.60 bits per heavy atom. The van der Waals surface area contributed by atoms with Crippen molar-refractivity contribution in [2.45, 2.75) is 24.5 Å². The average molecular weight is 426 g/mol. The SMILES string of the molecule is Cc1ccc(COC(CNS(=O)(=O)c2ccccc2[N+](=O)[O-])c2ccccc2)cc1. The number of rotatable bonds is 9. The van der Waals surface area contributed by atoms with Crippen LogP contribution < -0.4 is 4.72 Å². The monoisotopic (exact) mass is 426 g/mol. The number of nitro groups is 1. The third kappa shape index (κ3) is 5.50. The van der Waals surface area contributed by atoms with Crippen molar-refractivity contribution < 1.29 is 18.1 Å². The minimum Gasteiger partial charge on any atom is -0.367 e. The fraction of sp³-hybridized carbons (Fsp3) is 0.182. The van der Waals surface area contributed by atoms with Gasteiger partial charge in [-0.05, 0) is 24.1 Å². The summed E-state index contributed by atoms with van der Waals surface area (Å²) in [5, 5.41) is 11.2. The molecule has 0 aliphatic rings. The average Bonchev–Trinajstić information content (AvgIpc) is 2.75. The molecule has 1 unspecified atom stereocenters. The van der Waals surface area contributed by atoms with Crippen molar-refractivity contribution in [3.63, 3.8) is 0 Å². The van der Waals surface area contributed by atoms with Gasteiger partial charge in [0.05, 0.1) is 17.6 Å². The van der Waals surface area contributed by atoms with E-state index in [-0.39, 0.29) is 11.4 Å². The van der Waals surface area contributed by atoms with Gasteiger partial charge in [0.1, 0.15) is 0 Å². The smallest absolute Gasteiger partial charge is 0.289 e. The fourth-order valence-electron chi connectivity index (χ4n) is 2.92. The second kappa shape index (κ2) is 9.62. The Labute approximate surface area is 175 Å². The summed E-state index contributed by atoms with van der Waals surface area (Å²) in [5.74, 6) is 0. The topological polar surface area (TPSA) is 98.5 Å². The first-order valence-electron chi connectivity index (χ1n) is 9.32. The van der Waals surface area contributed by atoms with E-state index in [0.717, 1.165) is 22.8 Å². The van der Waals surface area contributed by atoms with Gasteiger partial charge in [-0.25, -0.2) is 13.1 Å². The summed E-state index contributed by atoms with van der Waals surface area (Å²) in [7, 11) is -4.10. The molecule has 0 radical (unpaired) electrons. The number of nitrogens with one attached hydrogen (secondary N) is 1. The molecule has 3 aromatic carbocycles. The Kier molecular flexibility index (Phi) is 6.94. The second-order valence-electron chi connectivity index (χ2n) is 6.77. The first kappa shape index (κ1) is 21.6. The number of sulfonamides is 1. The van der Waals surface area contributed by atoms with Gasteiger partial charge in [-0.2, -0.15) is 0 Å². The highest BCUT2D eigenvalue weighted by molar-refractivity contribution is 7.89. The molecule has 7 nitrogen and oxygen atoms in total. The predicted octanol–water partition coefficient (Wildman–Crippen LogP) is 4.14. The first-order valence-corrected chi connectivity index (χ1v) is 10.8. The zero-order chi connectivity index (χ0) is 21.6. The first-order chi connectivity index (χ1) is 14.4. The number of nitrogens with zero attached hydrogens (tertiary/aromatic N) is 1. The van der Waals surface area contributed by atoms with Gasteiger partial charge in [0.15, 0.2) is 4.90 Å². The summed E-state index contributed by atoms with van der Waals surface area (Å²) in [5.41, 5.74) is 2.43. The maximum atomic E-state index is 12.7. The second-order valence-corrected chi connectivity index (χ2v) is 8.51. The van der Waals surface area contributed by atoms with E-state index in [1.54, 1.807) is 0 Å². The molecule has 1 atom stereocenters. The molecule has 0 heterocycles. The van der Waals surface area contributed by atoms with E-state index in [0.29, 0.717) is 6.61 Å². The quantitative estimate of drug-likeness (QED) is 0.410. The van der Waals surface area contributed by atoms with E-state index in [9.17, 15) is 18.5 Å². The van der Waals surface area contributed by atoms with Crippen LogP contribution in [0.25, 0.3) is 0 Å². The van der Waals surface area contributed by atoms with Crippen LogP contribution in [0.15, 0.2) is 83.8 Å². The zero-order valence-electron chi connectivity index (χ0n) is 16.4. The molecule has 156 valence electrons. The van der Waals surface area contributed by atoms with Crippen molar-refractivity contribution in [3.8, 4) is 0 Å². The van der Waals surface area contributed by atoms with Crippen LogP contribution >= 0.6 is 0 Å². The third-order valence-corrected chi connectivity index (χ3v) is 6.02. The number of nitro benzene ring substituents is 1. The van der Waals surface area contributed by atoms with E-state index in [4.69, 9.17) is 4.74 Å². The molecule has 0 aromatic heterocycles. The van der Waals surface area contributed by atoms with Crippen molar-refractivity contribution in [1.82, 2.24) is 4.72 Å². The van der Waals surface area contributed by atoms with Gasteiger partial charge in [0, 0.05) is 12.6 Å². The number of ether oxygens (including phenoxy) is 1.